The highest BCUT2D eigenvalue weighted by atomic mass is 35.5. The molecule has 0 saturated heterocycles. The number of carbonyl (C=O) groups is 1. The molecule has 20 heavy (non-hydrogen) atoms. The highest BCUT2D eigenvalue weighted by molar-refractivity contribution is 6.29. The molecule has 0 aliphatic heterocycles. The zero-order chi connectivity index (χ0) is 14.5. The van der Waals surface area contributed by atoms with Crippen LogP contribution in [0.5, 0.6) is 0 Å². The second-order valence-corrected chi connectivity index (χ2v) is 5.44. The second kappa shape index (κ2) is 6.99. The van der Waals surface area contributed by atoms with Crippen molar-refractivity contribution < 1.29 is 14.3 Å². The molecule has 1 aromatic heterocycles. The Morgan fingerprint density at radius 2 is 2.05 bits per heavy atom. The van der Waals surface area contributed by atoms with Crippen LogP contribution >= 0.6 is 11.6 Å². The average molecular weight is 299 g/mol. The molecule has 0 amide bonds. The Morgan fingerprint density at radius 3 is 2.65 bits per heavy atom. The number of aromatic nitrogens is 2. The Kier molecular flexibility index (Phi) is 5.31. The lowest BCUT2D eigenvalue weighted by atomic mass is 9.87. The molecule has 1 aromatic rings. The number of methoxy groups -OCH3 is 1. The van der Waals surface area contributed by atoms with Crippen molar-refractivity contribution >= 4 is 17.6 Å². The summed E-state index contributed by atoms with van der Waals surface area (Å²) in [7, 11) is 1.43. The molecule has 0 unspecified atom stereocenters. The fourth-order valence-corrected chi connectivity index (χ4v) is 2.73. The fourth-order valence-electron chi connectivity index (χ4n) is 2.48. The molecular weight excluding hydrogens is 280 g/mol. The maximum Gasteiger partial charge on any atom is 0.308 e. The van der Waals surface area contributed by atoms with Gasteiger partial charge in [0.05, 0.1) is 19.1 Å². The number of aryl methyl sites for hydroxylation is 1. The fraction of sp³-hybridized carbons (Fsp3) is 0.643. The first-order valence-corrected chi connectivity index (χ1v) is 7.15. The van der Waals surface area contributed by atoms with Crippen molar-refractivity contribution in [3.63, 3.8) is 0 Å². The lowest BCUT2D eigenvalue weighted by Crippen LogP contribution is -2.27. The Balaban J connectivity index is 1.80. The minimum Gasteiger partial charge on any atom is -0.469 e. The molecule has 0 bridgehead atoms. The SMILES string of the molecule is COC(=O)C1CCC(OCc2nc(C)cc(Cl)n2)CC1. The van der Waals surface area contributed by atoms with E-state index in [1.807, 2.05) is 6.92 Å². The summed E-state index contributed by atoms with van der Waals surface area (Å²) >= 11 is 5.88. The number of hydrogen-bond acceptors (Lipinski definition) is 5. The zero-order valence-corrected chi connectivity index (χ0v) is 12.5. The van der Waals surface area contributed by atoms with E-state index < -0.39 is 0 Å². The topological polar surface area (TPSA) is 61.3 Å². The van der Waals surface area contributed by atoms with E-state index in [9.17, 15) is 4.79 Å². The van der Waals surface area contributed by atoms with Crippen LogP contribution in [-0.2, 0) is 20.9 Å². The summed E-state index contributed by atoms with van der Waals surface area (Å²) in [5, 5.41) is 0.436. The molecule has 0 atom stereocenters. The van der Waals surface area contributed by atoms with Crippen molar-refractivity contribution in [2.45, 2.75) is 45.3 Å². The summed E-state index contributed by atoms with van der Waals surface area (Å²) in [5.74, 6) is 0.506. The van der Waals surface area contributed by atoms with Crippen molar-refractivity contribution in [3.8, 4) is 0 Å². The molecule has 1 aliphatic carbocycles. The van der Waals surface area contributed by atoms with Crippen molar-refractivity contribution in [2.75, 3.05) is 7.11 Å². The predicted octanol–water partition coefficient (Wildman–Crippen LogP) is 2.69. The molecule has 2 rings (SSSR count). The van der Waals surface area contributed by atoms with Gasteiger partial charge < -0.3 is 9.47 Å². The molecule has 1 heterocycles. The van der Waals surface area contributed by atoms with Gasteiger partial charge in [0.1, 0.15) is 11.8 Å². The number of carbonyl (C=O) groups excluding carboxylic acids is 1. The summed E-state index contributed by atoms with van der Waals surface area (Å²) in [6, 6.07) is 1.71. The number of hydrogen-bond donors (Lipinski definition) is 0. The van der Waals surface area contributed by atoms with Gasteiger partial charge >= 0.3 is 5.97 Å². The molecule has 6 heteroatoms. The van der Waals surface area contributed by atoms with E-state index in [1.54, 1.807) is 6.07 Å². The van der Waals surface area contributed by atoms with Gasteiger partial charge in [0.15, 0.2) is 5.82 Å². The van der Waals surface area contributed by atoms with Crippen LogP contribution in [0.1, 0.15) is 37.2 Å². The first-order valence-electron chi connectivity index (χ1n) is 6.78. The minimum atomic E-state index is -0.114. The highest BCUT2D eigenvalue weighted by Crippen LogP contribution is 2.27. The van der Waals surface area contributed by atoms with Gasteiger partial charge in [-0.15, -0.1) is 0 Å². The summed E-state index contributed by atoms with van der Waals surface area (Å²) in [4.78, 5) is 19.8. The maximum absolute atomic E-state index is 11.4. The number of halogens is 1. The molecule has 1 fully saturated rings. The molecule has 5 nitrogen and oxygen atoms in total. The molecular formula is C14H19ClN2O3. The summed E-state index contributed by atoms with van der Waals surface area (Å²) in [6.45, 7) is 2.23. The highest BCUT2D eigenvalue weighted by Gasteiger charge is 2.27. The maximum atomic E-state index is 11.4. The predicted molar refractivity (Wildman–Crippen MR) is 74.3 cm³/mol. The third-order valence-electron chi connectivity index (χ3n) is 3.53. The second-order valence-electron chi connectivity index (χ2n) is 5.06. The third kappa shape index (κ3) is 4.15. The Bertz CT molecular complexity index is 453. The molecule has 110 valence electrons. The first kappa shape index (κ1) is 15.2. The van der Waals surface area contributed by atoms with E-state index in [0.717, 1.165) is 31.4 Å². The third-order valence-corrected chi connectivity index (χ3v) is 3.72. The number of nitrogens with zero attached hydrogens (tertiary/aromatic N) is 2. The Morgan fingerprint density at radius 1 is 1.35 bits per heavy atom. The lowest BCUT2D eigenvalue weighted by Gasteiger charge is -2.26. The van der Waals surface area contributed by atoms with Crippen molar-refractivity contribution in [2.24, 2.45) is 5.92 Å². The molecule has 0 aromatic carbocycles. The zero-order valence-electron chi connectivity index (χ0n) is 11.8. The molecule has 0 radical (unpaired) electrons. The molecule has 1 saturated carbocycles. The van der Waals surface area contributed by atoms with Gasteiger partial charge in [-0.2, -0.15) is 0 Å². The van der Waals surface area contributed by atoms with Crippen LogP contribution in [0.25, 0.3) is 0 Å². The van der Waals surface area contributed by atoms with Gasteiger partial charge in [-0.05, 0) is 38.7 Å². The standard InChI is InChI=1S/C14H19ClN2O3/c1-9-7-12(15)17-13(16-9)8-20-11-5-3-10(4-6-11)14(18)19-2/h7,10-11H,3-6,8H2,1-2H3. The van der Waals surface area contributed by atoms with Crippen LogP contribution in [0.3, 0.4) is 0 Å². The normalized spacial score (nSPS) is 22.6. The largest absolute Gasteiger partial charge is 0.469 e. The van der Waals surface area contributed by atoms with Gasteiger partial charge in [0, 0.05) is 5.69 Å². The monoisotopic (exact) mass is 298 g/mol. The number of ether oxygens (including phenoxy) is 2. The quantitative estimate of drug-likeness (QED) is 0.632. The molecule has 0 spiro atoms. The summed E-state index contributed by atoms with van der Waals surface area (Å²) < 4.78 is 10.6. The van der Waals surface area contributed by atoms with Crippen molar-refractivity contribution in [1.82, 2.24) is 9.97 Å². The van der Waals surface area contributed by atoms with Crippen LogP contribution in [-0.4, -0.2) is 29.2 Å². The van der Waals surface area contributed by atoms with Crippen LogP contribution in [0.15, 0.2) is 6.07 Å². The molecule has 1 aliphatic rings. The van der Waals surface area contributed by atoms with E-state index in [0.29, 0.717) is 17.6 Å². The van der Waals surface area contributed by atoms with Crippen molar-refractivity contribution in [1.29, 1.82) is 0 Å². The van der Waals surface area contributed by atoms with Crippen LogP contribution in [0, 0.1) is 12.8 Å². The number of esters is 1. The average Bonchev–Trinajstić information content (AvgIpc) is 2.44. The first-order chi connectivity index (χ1) is 9.58. The van der Waals surface area contributed by atoms with Gasteiger partial charge in [0.2, 0.25) is 0 Å². The van der Waals surface area contributed by atoms with Crippen LogP contribution in [0.4, 0.5) is 0 Å². The summed E-state index contributed by atoms with van der Waals surface area (Å²) in [6.07, 6.45) is 3.50. The molecule has 0 N–H and O–H groups in total. The van der Waals surface area contributed by atoms with E-state index in [1.165, 1.54) is 7.11 Å². The Hall–Kier alpha value is -1.20. The summed E-state index contributed by atoms with van der Waals surface area (Å²) in [5.41, 5.74) is 0.831. The van der Waals surface area contributed by atoms with Gasteiger partial charge in [0.25, 0.3) is 0 Å². The van der Waals surface area contributed by atoms with Crippen molar-refractivity contribution in [3.05, 3.63) is 22.7 Å². The van der Waals surface area contributed by atoms with Crippen LogP contribution < -0.4 is 0 Å². The van der Waals surface area contributed by atoms with Gasteiger partial charge in [-0.3, -0.25) is 4.79 Å². The van der Waals surface area contributed by atoms with E-state index in [-0.39, 0.29) is 18.0 Å². The smallest absolute Gasteiger partial charge is 0.308 e. The van der Waals surface area contributed by atoms with E-state index in [4.69, 9.17) is 21.1 Å². The Labute approximate surface area is 123 Å². The van der Waals surface area contributed by atoms with Gasteiger partial charge in [-0.1, -0.05) is 11.6 Å². The number of rotatable bonds is 4. The van der Waals surface area contributed by atoms with Gasteiger partial charge in [-0.25, -0.2) is 9.97 Å². The van der Waals surface area contributed by atoms with Crippen LogP contribution in [0.2, 0.25) is 5.15 Å². The van der Waals surface area contributed by atoms with E-state index >= 15 is 0 Å². The van der Waals surface area contributed by atoms with E-state index in [2.05, 4.69) is 9.97 Å². The lowest BCUT2D eigenvalue weighted by molar-refractivity contribution is -0.147. The minimum absolute atomic E-state index is 0.0181.